The summed E-state index contributed by atoms with van der Waals surface area (Å²) in [6.07, 6.45) is 34.5. The third-order valence-corrected chi connectivity index (χ3v) is 14.1. The van der Waals surface area contributed by atoms with Crippen LogP contribution in [0.25, 0.3) is 0 Å². The third kappa shape index (κ3) is 32.5. The molecule has 0 bridgehead atoms. The van der Waals surface area contributed by atoms with Gasteiger partial charge in [0.05, 0.1) is 19.8 Å². The third-order valence-electron chi connectivity index (χ3n) is 14.1. The Bertz CT molecular complexity index is 1430. The molecule has 7 N–H and O–H groups in total. The lowest BCUT2D eigenvalue weighted by Crippen LogP contribution is -2.61. The van der Waals surface area contributed by atoms with E-state index in [9.17, 15) is 45.3 Å². The van der Waals surface area contributed by atoms with E-state index in [0.29, 0.717) is 12.8 Å². The Hall–Kier alpha value is -2.28. The average molecular weight is 1060 g/mol. The van der Waals surface area contributed by atoms with Crippen LogP contribution in [0.2, 0.25) is 0 Å². The van der Waals surface area contributed by atoms with Gasteiger partial charge in [-0.2, -0.15) is 0 Å². The molecular weight excluding hydrogens is 949 g/mol. The number of carbonyl (C=O) groups excluding carboxylic acids is 2. The van der Waals surface area contributed by atoms with E-state index < -0.39 is 92.7 Å². The number of aliphatic hydroxyl groups is 7. The van der Waals surface area contributed by atoms with Crippen LogP contribution in [0.4, 0.5) is 0 Å². The Balaban J connectivity index is 1.74. The molecule has 2 heterocycles. The van der Waals surface area contributed by atoms with Crippen LogP contribution in [0.3, 0.4) is 0 Å². The summed E-state index contributed by atoms with van der Waals surface area (Å²) in [6, 6.07) is 0. The standard InChI is InChI=1S/C59H106O15/c1-3-5-7-9-11-13-15-17-19-20-21-22-23-24-25-26-28-30-32-34-36-38-40-42-51(62)72-47(44-69-50(61)41-39-37-35-33-31-29-27-18-16-14-12-10-8-6-4-2)45-70-58-57(68)55(66)53(64)49(74-58)46-71-59-56(67)54(65)52(63)48(43-60)73-59/h15,17-18,20-21,27,47-49,52-60,63-68H,3-14,16,19,22-26,28-46H2,1-2H3/b17-15-,21-20-,27-18-. The van der Waals surface area contributed by atoms with Gasteiger partial charge in [-0.3, -0.25) is 9.59 Å². The maximum atomic E-state index is 13.1. The Kier molecular flexibility index (Phi) is 41.9. The highest BCUT2D eigenvalue weighted by Crippen LogP contribution is 2.27. The van der Waals surface area contributed by atoms with Crippen LogP contribution in [0.15, 0.2) is 36.5 Å². The van der Waals surface area contributed by atoms with Gasteiger partial charge < -0.3 is 64.2 Å². The minimum absolute atomic E-state index is 0.162. The van der Waals surface area contributed by atoms with Crippen molar-refractivity contribution in [1.29, 1.82) is 0 Å². The SMILES string of the molecule is CCCCCCC/C=C\C/C=C\CCCCCCCCCCCCCC(=O)OC(COC(=O)CCCCCCC/C=C\CCCCCCCC)COC1OC(COC2OC(CO)C(O)C(O)C2O)C(O)C(O)C1O. The van der Waals surface area contributed by atoms with Crippen LogP contribution in [-0.4, -0.2) is 142 Å². The fourth-order valence-electron chi connectivity index (χ4n) is 9.24. The number of rotatable bonds is 47. The maximum Gasteiger partial charge on any atom is 0.306 e. The summed E-state index contributed by atoms with van der Waals surface area (Å²) in [6.45, 7) is 2.60. The van der Waals surface area contributed by atoms with Crippen molar-refractivity contribution in [2.24, 2.45) is 0 Å². The molecule has 0 amide bonds. The van der Waals surface area contributed by atoms with Crippen LogP contribution in [0.1, 0.15) is 232 Å². The van der Waals surface area contributed by atoms with Crippen molar-refractivity contribution in [2.75, 3.05) is 26.4 Å². The highest BCUT2D eigenvalue weighted by molar-refractivity contribution is 5.70. The van der Waals surface area contributed by atoms with Gasteiger partial charge in [0, 0.05) is 12.8 Å². The Morgan fingerprint density at radius 3 is 1.27 bits per heavy atom. The zero-order valence-corrected chi connectivity index (χ0v) is 46.1. The first-order chi connectivity index (χ1) is 36.0. The molecule has 15 heteroatoms. The summed E-state index contributed by atoms with van der Waals surface area (Å²) in [5, 5.41) is 72.3. The quantitative estimate of drug-likeness (QED) is 0.0171. The van der Waals surface area contributed by atoms with Gasteiger partial charge in [-0.15, -0.1) is 0 Å². The smallest absolute Gasteiger partial charge is 0.306 e. The molecule has 432 valence electrons. The molecule has 0 aliphatic carbocycles. The van der Waals surface area contributed by atoms with Crippen molar-refractivity contribution in [3.63, 3.8) is 0 Å². The first-order valence-corrected chi connectivity index (χ1v) is 29.6. The van der Waals surface area contributed by atoms with Gasteiger partial charge in [0.1, 0.15) is 55.4 Å². The van der Waals surface area contributed by atoms with Crippen LogP contribution in [0, 0.1) is 0 Å². The monoisotopic (exact) mass is 1050 g/mol. The molecule has 2 rings (SSSR count). The van der Waals surface area contributed by atoms with E-state index in [2.05, 4.69) is 50.3 Å². The predicted molar refractivity (Wildman–Crippen MR) is 289 cm³/mol. The first-order valence-electron chi connectivity index (χ1n) is 29.6. The minimum Gasteiger partial charge on any atom is -0.462 e. The minimum atomic E-state index is -1.77. The van der Waals surface area contributed by atoms with E-state index in [0.717, 1.165) is 70.6 Å². The predicted octanol–water partition coefficient (Wildman–Crippen LogP) is 10.1. The van der Waals surface area contributed by atoms with E-state index in [1.165, 1.54) is 122 Å². The van der Waals surface area contributed by atoms with E-state index in [1.807, 2.05) is 0 Å². The summed E-state index contributed by atoms with van der Waals surface area (Å²) in [7, 11) is 0. The van der Waals surface area contributed by atoms with Gasteiger partial charge >= 0.3 is 11.9 Å². The molecule has 11 atom stereocenters. The summed E-state index contributed by atoms with van der Waals surface area (Å²) < 4.78 is 33.7. The van der Waals surface area contributed by atoms with Gasteiger partial charge in [-0.1, -0.05) is 185 Å². The number of ether oxygens (including phenoxy) is 6. The molecule has 2 aliphatic rings. The zero-order valence-electron chi connectivity index (χ0n) is 46.1. The summed E-state index contributed by atoms with van der Waals surface area (Å²) in [5.74, 6) is -0.930. The van der Waals surface area contributed by atoms with Crippen LogP contribution in [0.5, 0.6) is 0 Å². The maximum absolute atomic E-state index is 13.1. The molecule has 0 spiro atoms. The largest absolute Gasteiger partial charge is 0.462 e. The molecule has 2 aliphatic heterocycles. The van der Waals surface area contributed by atoms with Crippen molar-refractivity contribution in [2.45, 2.75) is 300 Å². The second kappa shape index (κ2) is 45.7. The van der Waals surface area contributed by atoms with Crippen molar-refractivity contribution in [3.8, 4) is 0 Å². The molecule has 0 radical (unpaired) electrons. The lowest BCUT2D eigenvalue weighted by Gasteiger charge is -2.42. The van der Waals surface area contributed by atoms with Crippen molar-refractivity contribution < 1.29 is 73.8 Å². The number of carbonyl (C=O) groups is 2. The van der Waals surface area contributed by atoms with Crippen molar-refractivity contribution in [1.82, 2.24) is 0 Å². The number of hydrogen-bond donors (Lipinski definition) is 7. The highest BCUT2D eigenvalue weighted by Gasteiger charge is 2.47. The van der Waals surface area contributed by atoms with Crippen molar-refractivity contribution in [3.05, 3.63) is 36.5 Å². The first kappa shape index (κ1) is 67.8. The normalized spacial score (nSPS) is 24.9. The lowest BCUT2D eigenvalue weighted by molar-refractivity contribution is -0.332. The molecular formula is C59H106O15. The van der Waals surface area contributed by atoms with Crippen LogP contribution in [-0.2, 0) is 38.0 Å². The van der Waals surface area contributed by atoms with Gasteiger partial charge in [-0.25, -0.2) is 0 Å². The molecule has 0 saturated carbocycles. The van der Waals surface area contributed by atoms with E-state index in [-0.39, 0.29) is 26.1 Å². The fourth-order valence-corrected chi connectivity index (χ4v) is 9.24. The lowest BCUT2D eigenvalue weighted by atomic mass is 9.98. The van der Waals surface area contributed by atoms with Crippen LogP contribution >= 0.6 is 0 Å². The Labute approximate surface area is 446 Å². The molecule has 11 unspecified atom stereocenters. The van der Waals surface area contributed by atoms with Gasteiger partial charge in [0.25, 0.3) is 0 Å². The summed E-state index contributed by atoms with van der Waals surface area (Å²) >= 11 is 0. The second-order valence-corrected chi connectivity index (χ2v) is 20.8. The molecule has 0 aromatic rings. The molecule has 2 fully saturated rings. The summed E-state index contributed by atoms with van der Waals surface area (Å²) in [5.41, 5.74) is 0. The highest BCUT2D eigenvalue weighted by atomic mass is 16.7. The summed E-state index contributed by atoms with van der Waals surface area (Å²) in [4.78, 5) is 25.9. The number of allylic oxidation sites excluding steroid dienone is 6. The van der Waals surface area contributed by atoms with E-state index >= 15 is 0 Å². The van der Waals surface area contributed by atoms with Gasteiger partial charge in [0.2, 0.25) is 0 Å². The fraction of sp³-hybridized carbons (Fsp3) is 0.864. The zero-order chi connectivity index (χ0) is 53.9. The molecule has 0 aromatic heterocycles. The molecule has 0 aromatic carbocycles. The van der Waals surface area contributed by atoms with Crippen molar-refractivity contribution >= 4 is 11.9 Å². The van der Waals surface area contributed by atoms with Gasteiger partial charge in [-0.05, 0) is 70.6 Å². The number of hydrogen-bond acceptors (Lipinski definition) is 15. The Morgan fingerprint density at radius 2 is 0.811 bits per heavy atom. The number of aliphatic hydroxyl groups excluding tert-OH is 7. The van der Waals surface area contributed by atoms with Crippen LogP contribution < -0.4 is 0 Å². The topological polar surface area (TPSA) is 231 Å². The molecule has 74 heavy (non-hydrogen) atoms. The van der Waals surface area contributed by atoms with Gasteiger partial charge in [0.15, 0.2) is 18.7 Å². The van der Waals surface area contributed by atoms with E-state index in [4.69, 9.17) is 28.4 Å². The number of unbranched alkanes of at least 4 members (excludes halogenated alkanes) is 27. The molecule has 15 nitrogen and oxygen atoms in total. The molecule has 2 saturated heterocycles. The Morgan fingerprint density at radius 1 is 0.432 bits per heavy atom. The number of esters is 2. The average Bonchev–Trinajstić information content (AvgIpc) is 3.39. The second-order valence-electron chi connectivity index (χ2n) is 20.8. The van der Waals surface area contributed by atoms with E-state index in [1.54, 1.807) is 0 Å².